The van der Waals surface area contributed by atoms with Crippen LogP contribution in [0.4, 0.5) is 13.2 Å². The zero-order valence-corrected chi connectivity index (χ0v) is 13.8. The summed E-state index contributed by atoms with van der Waals surface area (Å²) in [5.74, 6) is 0.614. The summed E-state index contributed by atoms with van der Waals surface area (Å²) < 4.78 is 38.0. The van der Waals surface area contributed by atoms with E-state index >= 15 is 0 Å². The molecule has 0 bridgehead atoms. The lowest BCUT2D eigenvalue weighted by atomic mass is 9.81. The predicted molar refractivity (Wildman–Crippen MR) is 88.1 cm³/mol. The Morgan fingerprint density at radius 2 is 1.96 bits per heavy atom. The third-order valence-corrected chi connectivity index (χ3v) is 4.38. The minimum absolute atomic E-state index is 0.237. The van der Waals surface area contributed by atoms with Crippen molar-refractivity contribution in [3.63, 3.8) is 0 Å². The minimum atomic E-state index is -4.56. The fourth-order valence-corrected chi connectivity index (χ4v) is 2.95. The average molecular weight is 367 g/mol. The maximum Gasteiger partial charge on any atom is 0.420 e. The van der Waals surface area contributed by atoms with Crippen LogP contribution in [0.2, 0.25) is 5.15 Å². The largest absolute Gasteiger partial charge is 0.420 e. The molecule has 0 aliphatic carbocycles. The Morgan fingerprint density at radius 3 is 2.52 bits per heavy atom. The summed E-state index contributed by atoms with van der Waals surface area (Å²) in [5.41, 5.74) is 1.01. The molecule has 25 heavy (non-hydrogen) atoms. The summed E-state index contributed by atoms with van der Waals surface area (Å²) in [6.45, 7) is 1.60. The van der Waals surface area contributed by atoms with Crippen LogP contribution in [0.3, 0.4) is 0 Å². The molecule has 0 saturated carbocycles. The lowest BCUT2D eigenvalue weighted by Gasteiger charge is -2.38. The number of nitrogens with zero attached hydrogens (tertiary/aromatic N) is 3. The van der Waals surface area contributed by atoms with Gasteiger partial charge in [0, 0.05) is 18.5 Å². The molecule has 1 aromatic heterocycles. The maximum absolute atomic E-state index is 12.7. The van der Waals surface area contributed by atoms with Crippen molar-refractivity contribution in [2.75, 3.05) is 13.1 Å². The first-order valence-electron chi connectivity index (χ1n) is 7.57. The lowest BCUT2D eigenvalue weighted by Crippen LogP contribution is -2.47. The van der Waals surface area contributed by atoms with E-state index in [0.29, 0.717) is 18.5 Å². The summed E-state index contributed by atoms with van der Waals surface area (Å²) in [6.07, 6.45) is -2.77. The molecule has 0 amide bonds. The maximum atomic E-state index is 12.7. The van der Waals surface area contributed by atoms with Crippen LogP contribution >= 0.6 is 11.6 Å². The van der Waals surface area contributed by atoms with Gasteiger partial charge in [-0.1, -0.05) is 35.9 Å². The number of hydrogen-bond donors (Lipinski definition) is 0. The van der Waals surface area contributed by atoms with Gasteiger partial charge in [0.2, 0.25) is 0 Å². The highest BCUT2D eigenvalue weighted by Gasteiger charge is 2.34. The lowest BCUT2D eigenvalue weighted by molar-refractivity contribution is -0.138. The summed E-state index contributed by atoms with van der Waals surface area (Å²) in [5, 5.41) is -0.588. The van der Waals surface area contributed by atoms with E-state index in [4.69, 9.17) is 11.6 Å². The molecule has 9 heteroatoms. The van der Waals surface area contributed by atoms with E-state index < -0.39 is 16.9 Å². The van der Waals surface area contributed by atoms with Crippen molar-refractivity contribution in [2.45, 2.75) is 18.5 Å². The number of alkyl halides is 3. The second kappa shape index (κ2) is 7.13. The van der Waals surface area contributed by atoms with E-state index in [1.54, 1.807) is 0 Å². The Labute approximate surface area is 148 Å². The van der Waals surface area contributed by atoms with Gasteiger partial charge in [-0.25, -0.2) is 9.97 Å². The van der Waals surface area contributed by atoms with Crippen LogP contribution in [-0.2, 0) is 17.4 Å². The van der Waals surface area contributed by atoms with Crippen LogP contribution in [-0.4, -0.2) is 41.5 Å². The number of aromatic nitrogens is 2. The van der Waals surface area contributed by atoms with Crippen molar-refractivity contribution in [3.05, 3.63) is 58.1 Å². The van der Waals surface area contributed by atoms with Gasteiger partial charge in [-0.15, -0.1) is 0 Å². The van der Waals surface area contributed by atoms with Gasteiger partial charge >= 0.3 is 6.18 Å². The van der Waals surface area contributed by atoms with Crippen molar-refractivity contribution in [1.82, 2.24) is 14.8 Å². The first-order chi connectivity index (χ1) is 11.9. The second-order valence-electron chi connectivity index (χ2n) is 5.84. The SMILES string of the molecule is O=C[B]N1CC(c2ccc(Cc3ncc(C(F)(F)F)c(Cl)n3)cc2)C1. The van der Waals surface area contributed by atoms with E-state index in [1.807, 2.05) is 29.1 Å². The van der Waals surface area contributed by atoms with Gasteiger partial charge in [0.05, 0.1) is 6.19 Å². The molecule has 0 N–H and O–H groups in total. The Bertz CT molecular complexity index is 764. The molecule has 4 nitrogen and oxygen atoms in total. The molecule has 0 atom stereocenters. The Balaban J connectivity index is 1.64. The Hall–Kier alpha value is -1.93. The molecule has 129 valence electrons. The highest BCUT2D eigenvalue weighted by Crippen LogP contribution is 2.33. The Kier molecular flexibility index (Phi) is 5.10. The fraction of sp³-hybridized carbons (Fsp3) is 0.312. The summed E-state index contributed by atoms with van der Waals surface area (Å²) >= 11 is 5.61. The van der Waals surface area contributed by atoms with Crippen molar-refractivity contribution in [3.8, 4) is 0 Å². The molecule has 1 aliphatic rings. The van der Waals surface area contributed by atoms with E-state index in [-0.39, 0.29) is 5.82 Å². The predicted octanol–water partition coefficient (Wildman–Crippen LogP) is 2.95. The number of benzene rings is 1. The second-order valence-corrected chi connectivity index (χ2v) is 6.20. The van der Waals surface area contributed by atoms with Crippen LogP contribution in [0.5, 0.6) is 0 Å². The summed E-state index contributed by atoms with van der Waals surface area (Å²) in [7, 11) is 1.52. The molecule has 2 heterocycles. The molecule has 1 fully saturated rings. The third-order valence-electron chi connectivity index (χ3n) is 4.09. The smallest absolute Gasteiger partial charge is 0.339 e. The number of rotatable bonds is 5. The first kappa shape index (κ1) is 17.9. The van der Waals surface area contributed by atoms with Crippen LogP contribution in [0.15, 0.2) is 30.5 Å². The number of carbonyl (C=O) groups is 1. The molecule has 2 aromatic rings. The number of halogens is 4. The fourth-order valence-electron chi connectivity index (χ4n) is 2.69. The first-order valence-corrected chi connectivity index (χ1v) is 7.94. The molecular weight excluding hydrogens is 353 g/mol. The van der Waals surface area contributed by atoms with Gasteiger partial charge in [0.25, 0.3) is 7.41 Å². The minimum Gasteiger partial charge on any atom is -0.339 e. The van der Waals surface area contributed by atoms with Gasteiger partial charge in [-0.2, -0.15) is 13.2 Å². The molecule has 1 radical (unpaired) electrons. The monoisotopic (exact) mass is 366 g/mol. The van der Waals surface area contributed by atoms with Crippen molar-refractivity contribution < 1.29 is 18.0 Å². The van der Waals surface area contributed by atoms with Gasteiger partial charge in [0.15, 0.2) is 0 Å². The van der Waals surface area contributed by atoms with Crippen molar-refractivity contribution >= 4 is 25.2 Å². The number of hydrogen-bond acceptors (Lipinski definition) is 4. The highest BCUT2D eigenvalue weighted by atomic mass is 35.5. The molecule has 0 unspecified atom stereocenters. The number of carbonyl (C=O) groups excluding carboxylic acids is 1. The van der Waals surface area contributed by atoms with E-state index in [1.165, 1.54) is 7.41 Å². The van der Waals surface area contributed by atoms with Gasteiger partial charge < -0.3 is 9.61 Å². The third kappa shape index (κ3) is 4.19. The van der Waals surface area contributed by atoms with Crippen LogP contribution < -0.4 is 0 Å². The van der Waals surface area contributed by atoms with Crippen LogP contribution in [0.25, 0.3) is 0 Å². The van der Waals surface area contributed by atoms with Crippen molar-refractivity contribution in [2.24, 2.45) is 0 Å². The topological polar surface area (TPSA) is 46.1 Å². The summed E-state index contributed by atoms with van der Waals surface area (Å²) in [6, 6.07) is 7.75. The zero-order valence-electron chi connectivity index (χ0n) is 13.0. The average Bonchev–Trinajstić information content (AvgIpc) is 2.50. The molecule has 3 rings (SSSR count). The quantitative estimate of drug-likeness (QED) is 0.464. The normalized spacial score (nSPS) is 15.7. The van der Waals surface area contributed by atoms with Gasteiger partial charge in [-0.3, -0.25) is 0 Å². The molecule has 1 aliphatic heterocycles. The standard InChI is InChI=1S/C16H13BClF3N3O/c18-15-13(16(19,20)21)6-22-14(23-15)5-10-1-3-11(4-2-10)12-7-24(8-12)17-9-25/h1-4,6,9,12H,5,7-8H2. The van der Waals surface area contributed by atoms with E-state index in [2.05, 4.69) is 9.97 Å². The van der Waals surface area contributed by atoms with Crippen LogP contribution in [0, 0.1) is 0 Å². The highest BCUT2D eigenvalue weighted by molar-refractivity contribution is 6.64. The molecule has 1 saturated heterocycles. The molecule has 0 spiro atoms. The van der Waals surface area contributed by atoms with E-state index in [0.717, 1.165) is 30.4 Å². The van der Waals surface area contributed by atoms with Gasteiger partial charge in [0.1, 0.15) is 16.5 Å². The molecular formula is C16H13BClF3N3O. The zero-order chi connectivity index (χ0) is 18.0. The van der Waals surface area contributed by atoms with Gasteiger partial charge in [-0.05, 0) is 24.2 Å². The van der Waals surface area contributed by atoms with Crippen LogP contribution in [0.1, 0.15) is 28.4 Å². The Morgan fingerprint density at radius 1 is 1.28 bits per heavy atom. The molecule has 1 aromatic carbocycles. The van der Waals surface area contributed by atoms with E-state index in [9.17, 15) is 18.0 Å². The van der Waals surface area contributed by atoms with Crippen molar-refractivity contribution in [1.29, 1.82) is 0 Å². The summed E-state index contributed by atoms with van der Waals surface area (Å²) in [4.78, 5) is 19.8.